The van der Waals surface area contributed by atoms with Crippen LogP contribution in [0.3, 0.4) is 0 Å². The average Bonchev–Trinajstić information content (AvgIpc) is 3.10. The molecular weight excluding hydrogens is 384 g/mol. The van der Waals surface area contributed by atoms with Gasteiger partial charge in [0.1, 0.15) is 25.5 Å². The van der Waals surface area contributed by atoms with E-state index in [4.69, 9.17) is 23.7 Å². The van der Waals surface area contributed by atoms with Crippen molar-refractivity contribution in [3.05, 3.63) is 40.6 Å². The van der Waals surface area contributed by atoms with Gasteiger partial charge in [0.25, 0.3) is 0 Å². The average molecular weight is 406 g/mol. The number of carbonyl (C=O) groups is 3. The van der Waals surface area contributed by atoms with Crippen molar-refractivity contribution in [2.24, 2.45) is 5.92 Å². The highest BCUT2D eigenvalue weighted by atomic mass is 16.6. The van der Waals surface area contributed by atoms with Gasteiger partial charge in [-0.3, -0.25) is 4.79 Å². The van der Waals surface area contributed by atoms with Crippen LogP contribution in [0.5, 0.6) is 0 Å². The molecule has 0 amide bonds. The number of methoxy groups -OCH3 is 3. The number of ether oxygens (including phenoxy) is 5. The fraction of sp³-hybridized carbons (Fsp3) is 0.474. The summed E-state index contributed by atoms with van der Waals surface area (Å²) in [6.07, 6.45) is 3.80. The molecule has 1 aliphatic carbocycles. The van der Waals surface area contributed by atoms with Crippen molar-refractivity contribution in [3.8, 4) is 0 Å². The van der Waals surface area contributed by atoms with Gasteiger partial charge in [0.15, 0.2) is 22.9 Å². The van der Waals surface area contributed by atoms with Crippen molar-refractivity contribution in [1.29, 1.82) is 0 Å². The molecule has 1 unspecified atom stereocenters. The van der Waals surface area contributed by atoms with Crippen LogP contribution in [-0.2, 0) is 41.6 Å². The standard InChI is InChI=1S/C19H22N2O8/c1-25-10-12-16(18(23)26-2)20-21(17(12)19(24)27-3)9-13(22)11-4-5-14-15(8-11)29-7-6-28-14/h4-5,11H,6-10H2,1-3H3. The van der Waals surface area contributed by atoms with Gasteiger partial charge in [-0.05, 0) is 6.08 Å². The van der Waals surface area contributed by atoms with Crippen LogP contribution in [0, 0.1) is 5.92 Å². The van der Waals surface area contributed by atoms with Gasteiger partial charge in [0, 0.05) is 25.0 Å². The van der Waals surface area contributed by atoms with Crippen molar-refractivity contribution in [1.82, 2.24) is 9.78 Å². The second-order valence-electron chi connectivity index (χ2n) is 6.37. The van der Waals surface area contributed by atoms with Gasteiger partial charge >= 0.3 is 11.9 Å². The zero-order valence-corrected chi connectivity index (χ0v) is 16.4. The number of esters is 2. The molecule has 156 valence electrons. The Bertz CT molecular complexity index is 883. The molecule has 0 fully saturated rings. The Morgan fingerprint density at radius 3 is 2.55 bits per heavy atom. The van der Waals surface area contributed by atoms with Gasteiger partial charge in [-0.15, -0.1) is 0 Å². The Morgan fingerprint density at radius 2 is 1.86 bits per heavy atom. The first kappa shape index (κ1) is 20.6. The van der Waals surface area contributed by atoms with Crippen LogP contribution in [0.15, 0.2) is 23.7 Å². The Hall–Kier alpha value is -3.14. The normalized spacial score (nSPS) is 17.8. The molecule has 0 radical (unpaired) electrons. The summed E-state index contributed by atoms with van der Waals surface area (Å²) in [6, 6.07) is 0. The first-order chi connectivity index (χ1) is 14.0. The number of hydrogen-bond donors (Lipinski definition) is 0. The molecule has 0 saturated carbocycles. The lowest BCUT2D eigenvalue weighted by Crippen LogP contribution is -2.26. The maximum absolute atomic E-state index is 12.9. The molecule has 2 aliphatic rings. The highest BCUT2D eigenvalue weighted by Gasteiger charge is 2.31. The molecule has 1 aromatic heterocycles. The van der Waals surface area contributed by atoms with E-state index >= 15 is 0 Å². The molecule has 10 heteroatoms. The van der Waals surface area contributed by atoms with Gasteiger partial charge < -0.3 is 23.7 Å². The number of ketones is 1. The van der Waals surface area contributed by atoms with Crippen molar-refractivity contribution in [2.45, 2.75) is 19.6 Å². The van der Waals surface area contributed by atoms with E-state index in [1.165, 1.54) is 21.3 Å². The summed E-state index contributed by atoms with van der Waals surface area (Å²) in [5.41, 5.74) is 0.0722. The molecule has 3 rings (SSSR count). The molecule has 1 aliphatic heterocycles. The van der Waals surface area contributed by atoms with Crippen LogP contribution in [0.2, 0.25) is 0 Å². The van der Waals surface area contributed by atoms with Gasteiger partial charge in [0.2, 0.25) is 0 Å². The van der Waals surface area contributed by atoms with Crippen molar-refractivity contribution in [2.75, 3.05) is 34.5 Å². The van der Waals surface area contributed by atoms with E-state index in [-0.39, 0.29) is 35.9 Å². The zero-order valence-electron chi connectivity index (χ0n) is 16.4. The molecule has 1 atom stereocenters. The zero-order chi connectivity index (χ0) is 21.0. The van der Waals surface area contributed by atoms with E-state index in [0.29, 0.717) is 31.2 Å². The lowest BCUT2D eigenvalue weighted by molar-refractivity contribution is -0.122. The summed E-state index contributed by atoms with van der Waals surface area (Å²) in [6.45, 7) is 0.586. The van der Waals surface area contributed by atoms with E-state index in [1.807, 2.05) is 0 Å². The van der Waals surface area contributed by atoms with E-state index in [2.05, 4.69) is 5.10 Å². The number of aromatic nitrogens is 2. The van der Waals surface area contributed by atoms with E-state index in [1.54, 1.807) is 12.2 Å². The third kappa shape index (κ3) is 4.16. The second-order valence-corrected chi connectivity index (χ2v) is 6.37. The number of allylic oxidation sites excluding steroid dienone is 3. The topological polar surface area (TPSA) is 115 Å². The third-order valence-electron chi connectivity index (χ3n) is 4.59. The minimum atomic E-state index is -0.742. The SMILES string of the molecule is COCc1c(C(=O)OC)nn(CC(=O)C2C=CC3=C(C2)OCCO3)c1C(=O)OC. The van der Waals surface area contributed by atoms with Gasteiger partial charge in [0.05, 0.1) is 20.8 Å². The molecule has 0 spiro atoms. The van der Waals surface area contributed by atoms with Crippen LogP contribution in [-0.4, -0.2) is 62.0 Å². The molecule has 2 heterocycles. The summed E-state index contributed by atoms with van der Waals surface area (Å²) in [5, 5.41) is 4.13. The van der Waals surface area contributed by atoms with E-state index in [9.17, 15) is 14.4 Å². The van der Waals surface area contributed by atoms with Crippen molar-refractivity contribution >= 4 is 17.7 Å². The summed E-state index contributed by atoms with van der Waals surface area (Å²) >= 11 is 0. The first-order valence-electron chi connectivity index (χ1n) is 8.95. The van der Waals surface area contributed by atoms with Crippen LogP contribution in [0.1, 0.15) is 33.0 Å². The summed E-state index contributed by atoms with van der Waals surface area (Å²) < 4.78 is 26.9. The fourth-order valence-corrected chi connectivity index (χ4v) is 3.21. The monoisotopic (exact) mass is 406 g/mol. The predicted molar refractivity (Wildman–Crippen MR) is 96.8 cm³/mol. The minimum absolute atomic E-state index is 0.0277. The van der Waals surface area contributed by atoms with Crippen LogP contribution >= 0.6 is 0 Å². The highest BCUT2D eigenvalue weighted by molar-refractivity contribution is 5.96. The maximum Gasteiger partial charge on any atom is 0.358 e. The smallest absolute Gasteiger partial charge is 0.358 e. The van der Waals surface area contributed by atoms with Crippen molar-refractivity contribution < 1.29 is 38.1 Å². The molecule has 1 aromatic rings. The molecule has 29 heavy (non-hydrogen) atoms. The van der Waals surface area contributed by atoms with Crippen LogP contribution < -0.4 is 0 Å². The second kappa shape index (κ2) is 8.91. The molecule has 0 saturated heterocycles. The molecule has 0 bridgehead atoms. The van der Waals surface area contributed by atoms with Gasteiger partial charge in [-0.2, -0.15) is 5.10 Å². The number of rotatable bonds is 7. The number of carbonyl (C=O) groups excluding carboxylic acids is 3. The Morgan fingerprint density at radius 1 is 1.14 bits per heavy atom. The Balaban J connectivity index is 1.88. The summed E-state index contributed by atoms with van der Waals surface area (Å²) in [4.78, 5) is 37.3. The van der Waals surface area contributed by atoms with Gasteiger partial charge in [-0.25, -0.2) is 14.3 Å². The van der Waals surface area contributed by atoms with Crippen LogP contribution in [0.25, 0.3) is 0 Å². The quantitative estimate of drug-likeness (QED) is 0.612. The fourth-order valence-electron chi connectivity index (χ4n) is 3.21. The van der Waals surface area contributed by atoms with Crippen LogP contribution in [0.4, 0.5) is 0 Å². The van der Waals surface area contributed by atoms with Crippen molar-refractivity contribution in [3.63, 3.8) is 0 Å². The number of hydrogen-bond acceptors (Lipinski definition) is 9. The summed E-state index contributed by atoms with van der Waals surface area (Å²) in [7, 11) is 3.81. The third-order valence-corrected chi connectivity index (χ3v) is 4.59. The Kier molecular flexibility index (Phi) is 6.32. The molecule has 0 N–H and O–H groups in total. The maximum atomic E-state index is 12.9. The number of Topliss-reactive ketones (excluding diaryl/α,β-unsaturated/α-hetero) is 1. The summed E-state index contributed by atoms with van der Waals surface area (Å²) in [5.74, 6) is -0.909. The minimum Gasteiger partial charge on any atom is -0.490 e. The lowest BCUT2D eigenvalue weighted by atomic mass is 9.93. The van der Waals surface area contributed by atoms with Gasteiger partial charge in [-0.1, -0.05) is 6.08 Å². The van der Waals surface area contributed by atoms with E-state index < -0.39 is 17.9 Å². The Labute approximate surface area is 167 Å². The highest BCUT2D eigenvalue weighted by Crippen LogP contribution is 2.29. The number of nitrogens with zero attached hydrogens (tertiary/aromatic N) is 2. The largest absolute Gasteiger partial charge is 0.490 e. The molecule has 0 aromatic carbocycles. The molecular formula is C19H22N2O8. The van der Waals surface area contributed by atoms with E-state index in [0.717, 1.165) is 4.68 Å². The first-order valence-corrected chi connectivity index (χ1v) is 8.95. The predicted octanol–water partition coefficient (Wildman–Crippen LogP) is 1.01. The molecule has 10 nitrogen and oxygen atoms in total. The lowest BCUT2D eigenvalue weighted by Gasteiger charge is -2.25.